The number of benzene rings is 1. The number of aliphatic imine (C=N–C) groups is 1. The van der Waals surface area contributed by atoms with Gasteiger partial charge in [-0.1, -0.05) is 40.3 Å². The summed E-state index contributed by atoms with van der Waals surface area (Å²) < 4.78 is 14.1. The zero-order valence-electron chi connectivity index (χ0n) is 37.5. The maximum atomic E-state index is 14.6. The van der Waals surface area contributed by atoms with E-state index in [0.29, 0.717) is 43.8 Å². The lowest BCUT2D eigenvalue weighted by Gasteiger charge is -2.46. The third-order valence-corrected chi connectivity index (χ3v) is 14.4. The first kappa shape index (κ1) is 44.4. The van der Waals surface area contributed by atoms with Gasteiger partial charge in [0.05, 0.1) is 34.5 Å². The molecule has 16 heteroatoms. The number of nitrogens with zero attached hydrogens (tertiary/aromatic N) is 6. The fraction of sp³-hybridized carbons (Fsp3) is 0.553. The first-order chi connectivity index (χ1) is 30.0. The van der Waals surface area contributed by atoms with Crippen molar-refractivity contribution in [1.29, 1.82) is 0 Å². The van der Waals surface area contributed by atoms with Crippen LogP contribution in [0.2, 0.25) is 0 Å². The molecule has 2 aromatic heterocycles. The van der Waals surface area contributed by atoms with Crippen molar-refractivity contribution in [3.8, 4) is 11.3 Å². The van der Waals surface area contributed by atoms with E-state index in [2.05, 4.69) is 61.0 Å². The molecule has 15 nitrogen and oxygen atoms in total. The van der Waals surface area contributed by atoms with Crippen LogP contribution in [0, 0.1) is 16.7 Å². The summed E-state index contributed by atoms with van der Waals surface area (Å²) in [6.07, 6.45) is 6.88. The van der Waals surface area contributed by atoms with Crippen molar-refractivity contribution in [3.63, 3.8) is 0 Å². The van der Waals surface area contributed by atoms with Crippen LogP contribution >= 0.6 is 11.3 Å². The molecule has 5 aliphatic rings. The summed E-state index contributed by atoms with van der Waals surface area (Å²) in [5.41, 5.74) is 8.93. The largest absolute Gasteiger partial charge is 0.464 e. The van der Waals surface area contributed by atoms with E-state index in [9.17, 15) is 24.0 Å². The quantitative estimate of drug-likeness (QED) is 0.238. The lowest BCUT2D eigenvalue weighted by Crippen LogP contribution is -2.64. The Morgan fingerprint density at radius 3 is 2.65 bits per heavy atom. The summed E-state index contributed by atoms with van der Waals surface area (Å²) in [5.74, 6) is -1.95. The number of rotatable bonds is 8. The van der Waals surface area contributed by atoms with Crippen molar-refractivity contribution in [1.82, 2.24) is 35.1 Å². The molecule has 6 bridgehead atoms. The van der Waals surface area contributed by atoms with Crippen LogP contribution in [0.5, 0.6) is 0 Å². The Labute approximate surface area is 372 Å². The van der Waals surface area contributed by atoms with Gasteiger partial charge in [-0.2, -0.15) is 0 Å². The smallest absolute Gasteiger partial charge is 0.324 e. The van der Waals surface area contributed by atoms with Crippen LogP contribution in [0.1, 0.15) is 83.0 Å². The molecule has 3 fully saturated rings. The van der Waals surface area contributed by atoms with E-state index in [1.807, 2.05) is 32.4 Å². The van der Waals surface area contributed by atoms with E-state index in [4.69, 9.17) is 19.5 Å². The Hall–Kier alpha value is -5.19. The number of esters is 1. The van der Waals surface area contributed by atoms with Crippen molar-refractivity contribution in [2.75, 3.05) is 39.9 Å². The molecule has 0 saturated carbocycles. The number of allylic oxidation sites excluding steroid dienone is 1. The van der Waals surface area contributed by atoms with Crippen LogP contribution in [0.25, 0.3) is 27.7 Å². The number of hydrogen-bond donors (Lipinski definition) is 2. The van der Waals surface area contributed by atoms with Gasteiger partial charge in [-0.3, -0.25) is 34.0 Å². The van der Waals surface area contributed by atoms with E-state index >= 15 is 0 Å². The van der Waals surface area contributed by atoms with Crippen molar-refractivity contribution < 1.29 is 33.4 Å². The second-order valence-electron chi connectivity index (χ2n) is 19.0. The number of hydrogen-bond acceptors (Lipinski definition) is 11. The Balaban J connectivity index is 1.15. The predicted molar refractivity (Wildman–Crippen MR) is 241 cm³/mol. The van der Waals surface area contributed by atoms with Crippen LogP contribution in [0.4, 0.5) is 0 Å². The first-order valence-electron chi connectivity index (χ1n) is 22.2. The highest BCUT2D eigenvalue weighted by molar-refractivity contribution is 7.10. The van der Waals surface area contributed by atoms with Crippen LogP contribution in [-0.4, -0.2) is 124 Å². The Morgan fingerprint density at radius 2 is 1.92 bits per heavy atom. The molecule has 0 radical (unpaired) electrons. The van der Waals surface area contributed by atoms with Gasteiger partial charge in [-0.25, -0.2) is 10.4 Å². The molecule has 336 valence electrons. The molecular formula is C47H60N8O7S. The van der Waals surface area contributed by atoms with Crippen molar-refractivity contribution in [2.45, 2.75) is 104 Å². The Bertz CT molecular complexity index is 2410. The normalized spacial score (nSPS) is 23.5. The molecule has 2 N–H and O–H groups in total. The SMILES string of the molecule is C=CC(=O)N1CC2(CCN([C@H](C(=O)N[C@H]3Cc4nc(cs4)-c4ccc5c(c4)c(c(C4=C([C@H](C)OC)N=CCC4)n5C)CC(C)(C)COC(=O)[C@@H]4CCCN(N4)C3=O)C(C)C)C2=O)C1. The number of cyclic esters (lactones) is 1. The molecule has 3 aromatic rings. The van der Waals surface area contributed by atoms with Gasteiger partial charge in [0.15, 0.2) is 0 Å². The van der Waals surface area contributed by atoms with E-state index < -0.39 is 46.7 Å². The van der Waals surface area contributed by atoms with E-state index in [1.165, 1.54) is 22.4 Å². The molecule has 0 aliphatic carbocycles. The number of carbonyl (C=O) groups is 5. The summed E-state index contributed by atoms with van der Waals surface area (Å²) >= 11 is 1.42. The number of methoxy groups -OCH3 is 1. The average molecular weight is 881 g/mol. The lowest BCUT2D eigenvalue weighted by molar-refractivity contribution is -0.156. The van der Waals surface area contributed by atoms with E-state index in [1.54, 1.807) is 16.9 Å². The van der Waals surface area contributed by atoms with Crippen molar-refractivity contribution in [3.05, 3.63) is 58.2 Å². The van der Waals surface area contributed by atoms with Crippen LogP contribution in [0.3, 0.4) is 0 Å². The third kappa shape index (κ3) is 8.37. The molecular weight excluding hydrogens is 821 g/mol. The average Bonchev–Trinajstić information content (AvgIpc) is 3.94. The molecule has 5 aliphatic heterocycles. The number of carbonyl (C=O) groups excluding carboxylic acids is 5. The Morgan fingerprint density at radius 1 is 1.14 bits per heavy atom. The van der Waals surface area contributed by atoms with Gasteiger partial charge in [-0.15, -0.1) is 11.3 Å². The van der Waals surface area contributed by atoms with Gasteiger partial charge in [0.1, 0.15) is 18.1 Å². The number of likely N-dealkylation sites (tertiary alicyclic amines) is 2. The molecule has 0 unspecified atom stereocenters. The number of thiazole rings is 1. The standard InChI is InChI=1S/C47H60N8O7S/c1-9-38(56)53-24-47(25-53)16-19-54(45(47)60)40(27(2)3)42(57)50-34-21-37-49-35(23-63-37)29-14-15-36-31(20-29)32(41(52(36)7)30-12-10-17-48-39(30)28(4)61-8)22-46(5,6)26-62-44(59)33-13-11-18-55(51-33)43(34)58/h9,14-15,17,20,23,27-28,33-34,40,51H,1,10-13,16,18-19,21-22,24-26H2,2-8H3,(H,50,57)/t28-,33-,34-,40-/m0/s1. The highest BCUT2D eigenvalue weighted by Gasteiger charge is 2.57. The molecule has 7 heterocycles. The predicted octanol–water partition coefficient (Wildman–Crippen LogP) is 4.83. The summed E-state index contributed by atoms with van der Waals surface area (Å²) in [6.45, 7) is 15.0. The van der Waals surface area contributed by atoms with Gasteiger partial charge in [0.25, 0.3) is 5.91 Å². The summed E-state index contributed by atoms with van der Waals surface area (Å²) in [5, 5.41) is 8.18. The van der Waals surface area contributed by atoms with E-state index in [-0.39, 0.29) is 50.0 Å². The maximum absolute atomic E-state index is 14.6. The summed E-state index contributed by atoms with van der Waals surface area (Å²) in [4.78, 5) is 82.3. The van der Waals surface area contributed by atoms with Crippen LogP contribution in [-0.2, 0) is 53.3 Å². The number of fused-ring (bicyclic) bond motifs is 6. The second-order valence-corrected chi connectivity index (χ2v) is 19.9. The van der Waals surface area contributed by atoms with Gasteiger partial charge in [-0.05, 0) is 75.1 Å². The molecule has 4 atom stereocenters. The summed E-state index contributed by atoms with van der Waals surface area (Å²) in [6, 6.07) is 3.68. The van der Waals surface area contributed by atoms with Gasteiger partial charge in [0, 0.05) is 91.5 Å². The van der Waals surface area contributed by atoms with Crippen molar-refractivity contribution in [2.24, 2.45) is 28.8 Å². The van der Waals surface area contributed by atoms with Crippen LogP contribution in [0.15, 0.2) is 46.9 Å². The molecule has 3 saturated heterocycles. The second kappa shape index (κ2) is 17.4. The molecule has 4 amide bonds. The summed E-state index contributed by atoms with van der Waals surface area (Å²) in [7, 11) is 3.79. The zero-order valence-corrected chi connectivity index (χ0v) is 38.3. The fourth-order valence-corrected chi connectivity index (χ4v) is 10.9. The number of amides is 4. The van der Waals surface area contributed by atoms with Crippen molar-refractivity contribution >= 4 is 63.6 Å². The minimum Gasteiger partial charge on any atom is -0.464 e. The number of aryl methyl sites for hydroxylation is 1. The maximum Gasteiger partial charge on any atom is 0.324 e. The molecule has 1 spiro atoms. The number of nitrogens with one attached hydrogen (secondary N) is 2. The van der Waals surface area contributed by atoms with Gasteiger partial charge in [0.2, 0.25) is 17.7 Å². The molecule has 63 heavy (non-hydrogen) atoms. The topological polar surface area (TPSA) is 168 Å². The lowest BCUT2D eigenvalue weighted by atomic mass is 9.78. The van der Waals surface area contributed by atoms with Crippen LogP contribution < -0.4 is 10.7 Å². The minimum atomic E-state index is -1.06. The fourth-order valence-electron chi connectivity index (χ4n) is 10.1. The number of aromatic nitrogens is 2. The highest BCUT2D eigenvalue weighted by Crippen LogP contribution is 2.43. The molecule has 8 rings (SSSR count). The highest BCUT2D eigenvalue weighted by atomic mass is 32.1. The zero-order chi connectivity index (χ0) is 45.0. The van der Waals surface area contributed by atoms with E-state index in [0.717, 1.165) is 57.5 Å². The van der Waals surface area contributed by atoms with Gasteiger partial charge >= 0.3 is 5.97 Å². The minimum absolute atomic E-state index is 0.0934. The monoisotopic (exact) mass is 880 g/mol. The molecule has 1 aromatic carbocycles. The van der Waals surface area contributed by atoms with Gasteiger partial charge < -0.3 is 29.2 Å². The first-order valence-corrected chi connectivity index (χ1v) is 23.0. The third-order valence-electron chi connectivity index (χ3n) is 13.5. The Kier molecular flexibility index (Phi) is 12.3. The number of hydrazine groups is 1. The number of ether oxygens (including phenoxy) is 2.